The quantitative estimate of drug-likeness (QED) is 0.173. The third kappa shape index (κ3) is 5.01. The van der Waals surface area contributed by atoms with Crippen LogP contribution in [0, 0.1) is 0 Å². The molecule has 0 unspecified atom stereocenters. The number of hydrogen-bond acceptors (Lipinski definition) is 8. The molecule has 0 aliphatic carbocycles. The molecule has 5 aromatic heterocycles. The zero-order valence-corrected chi connectivity index (χ0v) is 30.9. The minimum absolute atomic E-state index is 0.503. The van der Waals surface area contributed by atoms with Gasteiger partial charge in [-0.15, -0.1) is 11.3 Å². The van der Waals surface area contributed by atoms with Crippen LogP contribution in [-0.4, -0.2) is 24.9 Å². The van der Waals surface area contributed by atoms with Crippen molar-refractivity contribution < 1.29 is 8.83 Å². The maximum absolute atomic E-state index is 6.80. The maximum Gasteiger partial charge on any atom is 0.167 e. The van der Waals surface area contributed by atoms with E-state index in [2.05, 4.69) is 66.7 Å². The molecule has 0 fully saturated rings. The molecule has 8 heteroatoms. The van der Waals surface area contributed by atoms with Crippen LogP contribution in [0.15, 0.2) is 173 Å². The van der Waals surface area contributed by atoms with Gasteiger partial charge in [-0.05, 0) is 30.3 Å². The minimum atomic E-state index is 0.503. The van der Waals surface area contributed by atoms with E-state index in [9.17, 15) is 0 Å². The van der Waals surface area contributed by atoms with Crippen molar-refractivity contribution in [2.45, 2.75) is 0 Å². The molecule has 12 rings (SSSR count). The molecule has 7 aromatic carbocycles. The number of furan rings is 2. The van der Waals surface area contributed by atoms with Crippen molar-refractivity contribution in [2.24, 2.45) is 0 Å². The van der Waals surface area contributed by atoms with Gasteiger partial charge in [-0.25, -0.2) is 24.9 Å². The lowest BCUT2D eigenvalue weighted by molar-refractivity contribution is 0.668. The van der Waals surface area contributed by atoms with Crippen molar-refractivity contribution >= 4 is 75.5 Å². The number of benzene rings is 7. The van der Waals surface area contributed by atoms with Crippen molar-refractivity contribution in [3.63, 3.8) is 0 Å². The molecule has 0 saturated heterocycles. The molecule has 0 amide bonds. The van der Waals surface area contributed by atoms with Gasteiger partial charge in [0.1, 0.15) is 22.3 Å². The van der Waals surface area contributed by atoms with Gasteiger partial charge in [0.05, 0.1) is 21.5 Å². The highest BCUT2D eigenvalue weighted by Crippen LogP contribution is 2.43. The van der Waals surface area contributed by atoms with E-state index in [1.165, 1.54) is 4.70 Å². The first-order valence-electron chi connectivity index (χ1n) is 18.7. The summed E-state index contributed by atoms with van der Waals surface area (Å²) in [5.74, 6) is 2.25. The van der Waals surface area contributed by atoms with Gasteiger partial charge in [-0.3, -0.25) is 0 Å². The molecule has 7 nitrogen and oxygen atoms in total. The standard InChI is InChI=1S/C49H27N5O2S/c1-3-14-28(15-4-1)42-45-43(31-19-8-10-27-39(31)57-45)51-47(50-42)34-22-13-26-38-41(34)32-20-11-23-35(44(32)56-38)49-53-46(29-16-5-2-6-17-29)52-48(54-49)33-21-12-25-37-40(33)30-18-7-9-24-36(30)55-37/h1-27H. The lowest BCUT2D eigenvalue weighted by Crippen LogP contribution is -2.00. The molecule has 0 aliphatic rings. The van der Waals surface area contributed by atoms with Crippen LogP contribution in [0.5, 0.6) is 0 Å². The summed E-state index contributed by atoms with van der Waals surface area (Å²) >= 11 is 1.73. The van der Waals surface area contributed by atoms with Gasteiger partial charge < -0.3 is 8.83 Å². The highest BCUT2D eigenvalue weighted by Gasteiger charge is 2.23. The molecule has 12 aromatic rings. The summed E-state index contributed by atoms with van der Waals surface area (Å²) in [7, 11) is 0. The Bertz CT molecular complexity index is 3540. The van der Waals surface area contributed by atoms with Crippen molar-refractivity contribution in [1.29, 1.82) is 0 Å². The average Bonchev–Trinajstić information content (AvgIpc) is 3.98. The molecule has 0 spiro atoms. The molecule has 5 heterocycles. The molecule has 0 atom stereocenters. The molecule has 266 valence electrons. The van der Waals surface area contributed by atoms with E-state index < -0.39 is 0 Å². The Morgan fingerprint density at radius 1 is 0.368 bits per heavy atom. The van der Waals surface area contributed by atoms with Crippen LogP contribution in [0.25, 0.3) is 121 Å². The van der Waals surface area contributed by atoms with Crippen LogP contribution in [0.2, 0.25) is 0 Å². The zero-order valence-electron chi connectivity index (χ0n) is 30.0. The summed E-state index contributed by atoms with van der Waals surface area (Å²) in [5, 5.41) is 4.93. The topological polar surface area (TPSA) is 90.7 Å². The summed E-state index contributed by atoms with van der Waals surface area (Å²) < 4.78 is 15.3. The third-order valence-corrected chi connectivity index (χ3v) is 11.7. The van der Waals surface area contributed by atoms with Gasteiger partial charge in [0, 0.05) is 53.9 Å². The van der Waals surface area contributed by atoms with Gasteiger partial charge in [-0.2, -0.15) is 0 Å². The Labute approximate surface area is 328 Å². The van der Waals surface area contributed by atoms with Gasteiger partial charge in [0.15, 0.2) is 23.3 Å². The fraction of sp³-hybridized carbons (Fsp3) is 0. The second-order valence-corrected chi connectivity index (χ2v) is 15.0. The summed E-state index contributed by atoms with van der Waals surface area (Å²) in [5.41, 5.74) is 9.27. The van der Waals surface area contributed by atoms with Crippen LogP contribution in [-0.2, 0) is 0 Å². The van der Waals surface area contributed by atoms with E-state index in [1.54, 1.807) is 11.3 Å². The van der Waals surface area contributed by atoms with Crippen LogP contribution in [0.4, 0.5) is 0 Å². The lowest BCUT2D eigenvalue weighted by atomic mass is 10.0. The third-order valence-electron chi connectivity index (χ3n) is 10.6. The number of hydrogen-bond donors (Lipinski definition) is 0. The van der Waals surface area contributed by atoms with E-state index in [0.29, 0.717) is 28.9 Å². The molecule has 0 radical (unpaired) electrons. The van der Waals surface area contributed by atoms with Crippen LogP contribution in [0.3, 0.4) is 0 Å². The van der Waals surface area contributed by atoms with Crippen LogP contribution < -0.4 is 0 Å². The second-order valence-electron chi connectivity index (χ2n) is 14.0. The fourth-order valence-electron chi connectivity index (χ4n) is 8.01. The monoisotopic (exact) mass is 749 g/mol. The fourth-order valence-corrected chi connectivity index (χ4v) is 9.16. The van der Waals surface area contributed by atoms with Crippen molar-refractivity contribution in [3.05, 3.63) is 164 Å². The van der Waals surface area contributed by atoms with Crippen molar-refractivity contribution in [2.75, 3.05) is 0 Å². The highest BCUT2D eigenvalue weighted by molar-refractivity contribution is 7.26. The Kier molecular flexibility index (Phi) is 6.96. The average molecular weight is 750 g/mol. The SMILES string of the molecule is c1ccc(-c2nc(-c3cccc4c3oc3cccc(-c5nc(-c6ccccc6)c6sc7ccccc7c6n5)c34)nc(-c3cccc4oc5ccccc5c34)n2)cc1. The number of fused-ring (bicyclic) bond motifs is 9. The molecular weight excluding hydrogens is 723 g/mol. The zero-order chi connectivity index (χ0) is 37.5. The van der Waals surface area contributed by atoms with Gasteiger partial charge in [0.25, 0.3) is 0 Å². The molecule has 57 heavy (non-hydrogen) atoms. The normalized spacial score (nSPS) is 11.9. The van der Waals surface area contributed by atoms with Crippen LogP contribution >= 0.6 is 11.3 Å². The summed E-state index contributed by atoms with van der Waals surface area (Å²) in [6.07, 6.45) is 0. The first-order chi connectivity index (χ1) is 28.2. The number of aromatic nitrogens is 5. The predicted molar refractivity (Wildman–Crippen MR) is 230 cm³/mol. The smallest absolute Gasteiger partial charge is 0.167 e. The molecule has 0 aliphatic heterocycles. The van der Waals surface area contributed by atoms with Gasteiger partial charge >= 0.3 is 0 Å². The summed E-state index contributed by atoms with van der Waals surface area (Å²) in [4.78, 5) is 26.0. The Hall–Kier alpha value is -7.55. The Morgan fingerprint density at radius 3 is 1.70 bits per heavy atom. The molecular formula is C49H27N5O2S. The first kappa shape index (κ1) is 31.8. The van der Waals surface area contributed by atoms with E-state index in [-0.39, 0.29) is 0 Å². The molecule has 0 N–H and O–H groups in total. The Balaban J connectivity index is 1.10. The van der Waals surface area contributed by atoms with E-state index in [1.807, 2.05) is 97.1 Å². The van der Waals surface area contributed by atoms with Crippen molar-refractivity contribution in [3.8, 4) is 56.8 Å². The van der Waals surface area contributed by atoms with Crippen LogP contribution in [0.1, 0.15) is 0 Å². The molecule has 0 saturated carbocycles. The lowest BCUT2D eigenvalue weighted by Gasteiger charge is -2.09. The van der Waals surface area contributed by atoms with Crippen molar-refractivity contribution in [1.82, 2.24) is 24.9 Å². The van der Waals surface area contributed by atoms with E-state index in [0.717, 1.165) is 87.4 Å². The first-order valence-corrected chi connectivity index (χ1v) is 19.5. The number of para-hydroxylation sites is 2. The largest absolute Gasteiger partial charge is 0.456 e. The highest BCUT2D eigenvalue weighted by atomic mass is 32.1. The van der Waals surface area contributed by atoms with Gasteiger partial charge in [0.2, 0.25) is 0 Å². The number of rotatable bonds is 5. The second kappa shape index (κ2) is 12.5. The minimum Gasteiger partial charge on any atom is -0.456 e. The summed E-state index contributed by atoms with van der Waals surface area (Å²) in [6, 6.07) is 55.1. The predicted octanol–water partition coefficient (Wildman–Crippen LogP) is 13.2. The maximum atomic E-state index is 6.80. The summed E-state index contributed by atoms with van der Waals surface area (Å²) in [6.45, 7) is 0. The molecule has 0 bridgehead atoms. The van der Waals surface area contributed by atoms with E-state index in [4.69, 9.17) is 33.8 Å². The van der Waals surface area contributed by atoms with E-state index >= 15 is 0 Å². The number of nitrogens with zero attached hydrogens (tertiary/aromatic N) is 5. The Morgan fingerprint density at radius 2 is 0.912 bits per heavy atom. The number of thiophene rings is 1. The van der Waals surface area contributed by atoms with Gasteiger partial charge in [-0.1, -0.05) is 133 Å².